The molecule has 8 nitrogen and oxygen atoms in total. The molecule has 0 saturated carbocycles. The van der Waals surface area contributed by atoms with E-state index >= 15 is 0 Å². The molecule has 183 valence electrons. The molecule has 0 aromatic heterocycles. The Balaban J connectivity index is 0.00000304. The van der Waals surface area contributed by atoms with Gasteiger partial charge in [-0.15, -0.1) is 11.8 Å². The predicted molar refractivity (Wildman–Crippen MR) is 135 cm³/mol. The van der Waals surface area contributed by atoms with E-state index in [4.69, 9.17) is 4.74 Å². The number of benzene rings is 2. The molecule has 10 heteroatoms. The number of hydrogen-bond acceptors (Lipinski definition) is 6. The van der Waals surface area contributed by atoms with Crippen LogP contribution in [-0.4, -0.2) is 85.5 Å². The molecule has 2 aromatic carbocycles. The molecule has 36 heavy (non-hydrogen) atoms. The van der Waals surface area contributed by atoms with E-state index in [-0.39, 0.29) is 29.6 Å². The van der Waals surface area contributed by atoms with Gasteiger partial charge in [-0.2, -0.15) is 0 Å². The summed E-state index contributed by atoms with van der Waals surface area (Å²) in [5.74, 6) is -3.83. The number of β-lactam (4-membered cyclic amide) rings is 1. The molecule has 2 N–H and O–H groups in total. The first kappa shape index (κ1) is 26.7. The van der Waals surface area contributed by atoms with Crippen LogP contribution in [0.15, 0.2) is 48.5 Å². The third-order valence-corrected chi connectivity index (χ3v) is 8.46. The van der Waals surface area contributed by atoms with Crippen molar-refractivity contribution < 1.29 is 29.0 Å². The number of ether oxygens (including phenoxy) is 1. The second-order valence-electron chi connectivity index (χ2n) is 9.63. The molecule has 5 rings (SSSR count). The van der Waals surface area contributed by atoms with Crippen molar-refractivity contribution in [2.75, 3.05) is 0 Å². The molecule has 2 aromatic rings. The van der Waals surface area contributed by atoms with E-state index in [2.05, 4.69) is 5.32 Å². The van der Waals surface area contributed by atoms with Gasteiger partial charge in [0, 0.05) is 34.3 Å². The number of rotatable bonds is 6. The molecule has 2 amide bonds. The molecular weight excluding hydrogens is 491 g/mol. The number of carboxylic acid groups (broad SMARTS) is 1. The van der Waals surface area contributed by atoms with Crippen LogP contribution in [0.2, 0.25) is 0 Å². The molecule has 2 aliphatic heterocycles. The first-order valence-electron chi connectivity index (χ1n) is 11.6. The number of aliphatic carboxylic acids is 1. The third-order valence-electron chi connectivity index (χ3n) is 6.89. The van der Waals surface area contributed by atoms with E-state index < -0.39 is 51.9 Å². The number of carbonyl (C=O) groups excluding carboxylic acids is 3. The third kappa shape index (κ3) is 4.69. The minimum Gasteiger partial charge on any atom is -0.480 e. The van der Waals surface area contributed by atoms with Gasteiger partial charge in [0.25, 0.3) is 0 Å². The van der Waals surface area contributed by atoms with E-state index in [1.807, 2.05) is 12.1 Å². The number of thioether (sulfide) groups is 1. The molecule has 0 spiro atoms. The van der Waals surface area contributed by atoms with Crippen molar-refractivity contribution in [1.29, 1.82) is 0 Å². The number of esters is 1. The Kier molecular flexibility index (Phi) is 7.57. The van der Waals surface area contributed by atoms with E-state index in [1.165, 1.54) is 22.2 Å². The van der Waals surface area contributed by atoms with Crippen LogP contribution in [0.5, 0.6) is 5.75 Å². The van der Waals surface area contributed by atoms with Gasteiger partial charge in [-0.05, 0) is 61.9 Å². The SMILES string of the molecule is CC1(C)S[C@@H]2[C@H](NC(=O)C(C(=O)Oc3ccc4c(c3)CCC4)c3ccccc3)C(=O)N2[C@H]1C(=O)O.[Na]. The zero-order valence-electron chi connectivity index (χ0n) is 20.4. The van der Waals surface area contributed by atoms with E-state index in [9.17, 15) is 24.3 Å². The summed E-state index contributed by atoms with van der Waals surface area (Å²) in [7, 11) is 0. The summed E-state index contributed by atoms with van der Waals surface area (Å²) in [5.41, 5.74) is 2.83. The van der Waals surface area contributed by atoms with Crippen LogP contribution in [0, 0.1) is 0 Å². The van der Waals surface area contributed by atoms with Crippen molar-refractivity contribution in [3.8, 4) is 5.75 Å². The Labute approximate surface area is 235 Å². The van der Waals surface area contributed by atoms with Crippen LogP contribution in [0.1, 0.15) is 42.9 Å². The van der Waals surface area contributed by atoms with Crippen molar-refractivity contribution >= 4 is 65.1 Å². The van der Waals surface area contributed by atoms with Gasteiger partial charge in [0.05, 0.1) is 0 Å². The van der Waals surface area contributed by atoms with Crippen LogP contribution < -0.4 is 10.1 Å². The van der Waals surface area contributed by atoms with Crippen molar-refractivity contribution in [3.63, 3.8) is 0 Å². The van der Waals surface area contributed by atoms with Crippen LogP contribution in [0.3, 0.4) is 0 Å². The Morgan fingerprint density at radius 3 is 2.50 bits per heavy atom. The number of nitrogens with zero attached hydrogens (tertiary/aromatic N) is 1. The maximum Gasteiger partial charge on any atom is 0.328 e. The fraction of sp³-hybridized carbons (Fsp3) is 0.385. The van der Waals surface area contributed by atoms with E-state index in [1.54, 1.807) is 50.2 Å². The molecule has 0 bridgehead atoms. The molecular formula is C26H26N2NaO6S. The minimum atomic E-state index is -1.28. The number of aryl methyl sites for hydroxylation is 2. The fourth-order valence-corrected chi connectivity index (χ4v) is 6.83. The number of fused-ring (bicyclic) bond motifs is 2. The van der Waals surface area contributed by atoms with Gasteiger partial charge in [0.2, 0.25) is 11.8 Å². The van der Waals surface area contributed by atoms with Gasteiger partial charge >= 0.3 is 11.9 Å². The van der Waals surface area contributed by atoms with Gasteiger partial charge in [-0.3, -0.25) is 14.4 Å². The summed E-state index contributed by atoms with van der Waals surface area (Å²) in [4.78, 5) is 52.5. The quantitative estimate of drug-likeness (QED) is 0.198. The van der Waals surface area contributed by atoms with E-state index in [0.29, 0.717) is 11.3 Å². The minimum absolute atomic E-state index is 0. The molecule has 2 fully saturated rings. The smallest absolute Gasteiger partial charge is 0.328 e. The fourth-order valence-electron chi connectivity index (χ4n) is 5.21. The van der Waals surface area contributed by atoms with Gasteiger partial charge in [0.1, 0.15) is 23.2 Å². The topological polar surface area (TPSA) is 113 Å². The molecule has 3 aliphatic rings. The zero-order valence-corrected chi connectivity index (χ0v) is 23.2. The number of amides is 2. The van der Waals surface area contributed by atoms with Crippen LogP contribution in [0.4, 0.5) is 0 Å². The average molecular weight is 518 g/mol. The normalized spacial score (nSPS) is 24.0. The summed E-state index contributed by atoms with van der Waals surface area (Å²) in [6, 6.07) is 12.2. The maximum absolute atomic E-state index is 13.4. The van der Waals surface area contributed by atoms with Crippen LogP contribution >= 0.6 is 11.8 Å². The summed E-state index contributed by atoms with van der Waals surface area (Å²) in [5, 5.41) is 11.8. The Morgan fingerprint density at radius 2 is 1.81 bits per heavy atom. The monoisotopic (exact) mass is 517 g/mol. The largest absolute Gasteiger partial charge is 0.480 e. The first-order chi connectivity index (χ1) is 16.7. The summed E-state index contributed by atoms with van der Waals surface area (Å²) in [6.07, 6.45) is 2.99. The number of carboxylic acids is 1. The van der Waals surface area contributed by atoms with Gasteiger partial charge in [0.15, 0.2) is 5.92 Å². The zero-order chi connectivity index (χ0) is 24.9. The molecule has 1 aliphatic carbocycles. The molecule has 1 unspecified atom stereocenters. The maximum atomic E-state index is 13.4. The summed E-state index contributed by atoms with van der Waals surface area (Å²) >= 11 is 1.33. The second kappa shape index (κ2) is 10.2. The van der Waals surface area contributed by atoms with Crippen LogP contribution in [-0.2, 0) is 32.0 Å². The number of carbonyl (C=O) groups is 4. The summed E-state index contributed by atoms with van der Waals surface area (Å²) in [6.45, 7) is 3.53. The van der Waals surface area contributed by atoms with Crippen molar-refractivity contribution in [2.24, 2.45) is 0 Å². The molecule has 2 heterocycles. The van der Waals surface area contributed by atoms with Crippen molar-refractivity contribution in [2.45, 2.75) is 61.2 Å². The van der Waals surface area contributed by atoms with Gasteiger partial charge < -0.3 is 20.1 Å². The number of nitrogens with one attached hydrogen (secondary N) is 1. The number of hydrogen-bond donors (Lipinski definition) is 2. The van der Waals surface area contributed by atoms with E-state index in [0.717, 1.165) is 24.8 Å². The Morgan fingerprint density at radius 1 is 1.11 bits per heavy atom. The van der Waals surface area contributed by atoms with Crippen molar-refractivity contribution in [3.05, 3.63) is 65.2 Å². The standard InChI is InChI=1S/C26H26N2O6S.Na/c1-26(2)20(24(31)32)28-22(30)19(23(28)35-26)27-21(29)18(15-7-4-3-5-8-15)25(33)34-17-12-11-14-9-6-10-16(14)13-17;/h3-5,7-8,11-13,18-20,23H,6,9-10H2,1-2H3,(H,27,29)(H,31,32);/t18?,19-,20+,23-;/m1./s1. The van der Waals surface area contributed by atoms with Crippen molar-refractivity contribution in [1.82, 2.24) is 10.2 Å². The molecule has 2 saturated heterocycles. The van der Waals surface area contributed by atoms with Gasteiger partial charge in [-0.1, -0.05) is 36.4 Å². The Bertz CT molecular complexity index is 1220. The second-order valence-corrected chi connectivity index (χ2v) is 11.4. The van der Waals surface area contributed by atoms with Crippen LogP contribution in [0.25, 0.3) is 0 Å². The predicted octanol–water partition coefficient (Wildman–Crippen LogP) is 2.12. The molecule has 4 atom stereocenters. The average Bonchev–Trinajstić information content (AvgIpc) is 3.38. The molecule has 1 radical (unpaired) electrons. The first-order valence-corrected chi connectivity index (χ1v) is 12.5. The Hall–Kier alpha value is -2.33. The van der Waals surface area contributed by atoms with Gasteiger partial charge in [-0.25, -0.2) is 4.79 Å². The summed E-state index contributed by atoms with van der Waals surface area (Å²) < 4.78 is 4.92.